The summed E-state index contributed by atoms with van der Waals surface area (Å²) in [5.41, 5.74) is 9.18. The van der Waals surface area contributed by atoms with Gasteiger partial charge in [0, 0.05) is 30.1 Å². The number of nitrogens with one attached hydrogen (secondary N) is 1. The first kappa shape index (κ1) is 33.1. The third kappa shape index (κ3) is 7.25. The van der Waals surface area contributed by atoms with Gasteiger partial charge in [0.1, 0.15) is 18.3 Å². The second-order valence-corrected chi connectivity index (χ2v) is 11.8. The zero-order valence-electron chi connectivity index (χ0n) is 26.4. The van der Waals surface area contributed by atoms with E-state index in [0.29, 0.717) is 45.3 Å². The van der Waals surface area contributed by atoms with Crippen LogP contribution >= 0.6 is 0 Å². The van der Waals surface area contributed by atoms with E-state index in [2.05, 4.69) is 33.8 Å². The Balaban J connectivity index is 1.23. The number of primary amides is 1. The zero-order valence-corrected chi connectivity index (χ0v) is 26.4. The van der Waals surface area contributed by atoms with Gasteiger partial charge < -0.3 is 39.3 Å². The smallest absolute Gasteiger partial charge is 0.329 e. The molecule has 12 heteroatoms. The normalized spacial score (nSPS) is 21.2. The van der Waals surface area contributed by atoms with Crippen molar-refractivity contribution < 1.29 is 38.1 Å². The number of carbonyl (C=O) groups excluding carboxylic acids is 3. The van der Waals surface area contributed by atoms with Gasteiger partial charge in [-0.2, -0.15) is 0 Å². The predicted molar refractivity (Wildman–Crippen MR) is 167 cm³/mol. The van der Waals surface area contributed by atoms with Crippen molar-refractivity contribution in [2.45, 2.75) is 51.1 Å². The Bertz CT molecular complexity index is 1390. The molecule has 3 aliphatic heterocycles. The minimum absolute atomic E-state index is 0.0427. The summed E-state index contributed by atoms with van der Waals surface area (Å²) in [6, 6.07) is 7.14. The molecule has 2 aromatic rings. The number of benzene rings is 1. The first-order chi connectivity index (χ1) is 21.9. The van der Waals surface area contributed by atoms with E-state index in [1.165, 1.54) is 11.3 Å². The molecule has 0 saturated carbocycles. The monoisotopic (exact) mass is 626 g/mol. The third-order valence-corrected chi connectivity index (χ3v) is 9.12. The summed E-state index contributed by atoms with van der Waals surface area (Å²) in [7, 11) is 1.62. The highest BCUT2D eigenvalue weighted by atomic mass is 16.6. The molecule has 246 valence electrons. The van der Waals surface area contributed by atoms with Gasteiger partial charge in [-0.15, -0.1) is 0 Å². The molecule has 2 amide bonds. The van der Waals surface area contributed by atoms with E-state index in [9.17, 15) is 14.4 Å². The topological polar surface area (TPSA) is 144 Å². The zero-order chi connectivity index (χ0) is 31.8. The average Bonchev–Trinajstić information content (AvgIpc) is 3.38. The summed E-state index contributed by atoms with van der Waals surface area (Å²) in [6.07, 6.45) is 5.57. The molecule has 3 atom stereocenters. The van der Waals surface area contributed by atoms with Crippen molar-refractivity contribution in [3.8, 4) is 0 Å². The lowest BCUT2D eigenvalue weighted by Crippen LogP contribution is -2.52. The lowest BCUT2D eigenvalue weighted by Gasteiger charge is -2.53. The van der Waals surface area contributed by atoms with Crippen LogP contribution in [0.3, 0.4) is 0 Å². The molecule has 12 nitrogen and oxygen atoms in total. The summed E-state index contributed by atoms with van der Waals surface area (Å²) < 4.78 is 28.6. The minimum Gasteiger partial charge on any atom is -0.462 e. The van der Waals surface area contributed by atoms with Crippen LogP contribution in [-0.4, -0.2) is 106 Å². The lowest BCUT2D eigenvalue weighted by atomic mass is 9.66. The Hall–Kier alpha value is -3.29. The molecule has 1 saturated heterocycles. The van der Waals surface area contributed by atoms with E-state index in [-0.39, 0.29) is 31.1 Å². The summed E-state index contributed by atoms with van der Waals surface area (Å²) >= 11 is 0. The van der Waals surface area contributed by atoms with E-state index in [1.807, 2.05) is 18.2 Å². The molecule has 4 heterocycles. The molecular weight excluding hydrogens is 580 g/mol. The molecule has 3 N–H and O–H groups in total. The molecular formula is C33H46N4O8. The Morgan fingerprint density at radius 2 is 1.69 bits per heavy atom. The highest BCUT2D eigenvalue weighted by Crippen LogP contribution is 2.56. The van der Waals surface area contributed by atoms with Crippen molar-refractivity contribution in [2.75, 3.05) is 73.1 Å². The summed E-state index contributed by atoms with van der Waals surface area (Å²) in [6.45, 7) is 6.95. The number of aromatic nitrogens is 1. The van der Waals surface area contributed by atoms with Gasteiger partial charge in [-0.25, -0.2) is 4.79 Å². The number of fused-ring (bicyclic) bond motifs is 3. The van der Waals surface area contributed by atoms with Crippen LogP contribution in [0, 0.1) is 5.41 Å². The molecule has 1 fully saturated rings. The fourth-order valence-corrected chi connectivity index (χ4v) is 7.06. The van der Waals surface area contributed by atoms with Gasteiger partial charge in [-0.1, -0.05) is 25.1 Å². The average molecular weight is 627 g/mol. The van der Waals surface area contributed by atoms with Gasteiger partial charge in [-0.3, -0.25) is 14.5 Å². The van der Waals surface area contributed by atoms with Gasteiger partial charge in [0.2, 0.25) is 5.91 Å². The summed E-state index contributed by atoms with van der Waals surface area (Å²) in [4.78, 5) is 41.7. The van der Waals surface area contributed by atoms with Gasteiger partial charge in [0.25, 0.3) is 5.91 Å². The fraction of sp³-hybridized carbons (Fsp3) is 0.606. The molecule has 0 spiro atoms. The van der Waals surface area contributed by atoms with Crippen LogP contribution in [0.1, 0.15) is 49.9 Å². The molecule has 0 unspecified atom stereocenters. The number of hydrogen-bond donors (Lipinski definition) is 2. The number of piperidine rings is 1. The summed E-state index contributed by atoms with van der Waals surface area (Å²) in [5, 5.41) is 3.94. The Labute approximate surface area is 264 Å². The number of nitrogens with zero attached hydrogens (tertiary/aromatic N) is 2. The van der Waals surface area contributed by atoms with Gasteiger partial charge >= 0.3 is 5.97 Å². The molecule has 0 aliphatic carbocycles. The van der Waals surface area contributed by atoms with Crippen LogP contribution in [0.5, 0.6) is 0 Å². The van der Waals surface area contributed by atoms with E-state index in [0.717, 1.165) is 49.7 Å². The van der Waals surface area contributed by atoms with E-state index < -0.39 is 23.8 Å². The number of ether oxygens (including phenoxy) is 5. The van der Waals surface area contributed by atoms with Crippen LogP contribution in [-0.2, 0) is 44.5 Å². The maximum atomic E-state index is 14.1. The molecule has 1 aromatic heterocycles. The maximum absolute atomic E-state index is 14.1. The standard InChI is InChI=1S/C33H46N4O8/c1-3-33-10-6-11-36-12-9-24-23-7-4-5-8-26(23)37(29(24)30(33)36)27(22-33)31(39)35-25(21-28(34)38)32(40)45-20-19-44-18-17-43-16-15-42-14-13-41-2/h4-5,7-8,22,25,30H,3,6,9-21H2,1-2H3,(H2,34,38)(H,35,39)/t25-,30+,33-/m0/s1. The minimum atomic E-state index is -1.23. The second kappa shape index (κ2) is 15.3. The number of para-hydroxylation sites is 1. The number of amides is 2. The Morgan fingerprint density at radius 3 is 2.38 bits per heavy atom. The second-order valence-electron chi connectivity index (χ2n) is 11.8. The molecule has 5 rings (SSSR count). The number of esters is 1. The van der Waals surface area contributed by atoms with Crippen LogP contribution in [0.4, 0.5) is 0 Å². The number of hydrogen-bond acceptors (Lipinski definition) is 9. The molecule has 0 bridgehead atoms. The third-order valence-electron chi connectivity index (χ3n) is 9.12. The van der Waals surface area contributed by atoms with Crippen LogP contribution < -0.4 is 11.1 Å². The van der Waals surface area contributed by atoms with Gasteiger partial charge in [0.15, 0.2) is 0 Å². The van der Waals surface area contributed by atoms with Crippen LogP contribution in [0.25, 0.3) is 16.6 Å². The quantitative estimate of drug-likeness (QED) is 0.188. The van der Waals surface area contributed by atoms with E-state index in [1.54, 1.807) is 7.11 Å². The van der Waals surface area contributed by atoms with E-state index in [4.69, 9.17) is 29.4 Å². The molecule has 3 aliphatic rings. The number of methoxy groups -OCH3 is 1. The van der Waals surface area contributed by atoms with Crippen molar-refractivity contribution in [1.29, 1.82) is 0 Å². The van der Waals surface area contributed by atoms with Gasteiger partial charge in [-0.05, 0) is 49.9 Å². The Kier molecular flexibility index (Phi) is 11.3. The van der Waals surface area contributed by atoms with Crippen LogP contribution in [0.2, 0.25) is 0 Å². The van der Waals surface area contributed by atoms with Crippen molar-refractivity contribution >= 4 is 34.4 Å². The number of rotatable bonds is 18. The molecule has 45 heavy (non-hydrogen) atoms. The maximum Gasteiger partial charge on any atom is 0.329 e. The van der Waals surface area contributed by atoms with Crippen molar-refractivity contribution in [2.24, 2.45) is 11.1 Å². The SMILES string of the molecule is CC[C@@]12C=C(C(=O)N[C@@H](CC(N)=O)C(=O)OCCOCCOCCOCCOC)n3c4c(c5ccccc53)CCN(CCC1)[C@H]42. The van der Waals surface area contributed by atoms with Gasteiger partial charge in [0.05, 0.1) is 64.2 Å². The van der Waals surface area contributed by atoms with Crippen molar-refractivity contribution in [3.05, 3.63) is 41.6 Å². The fourth-order valence-electron chi connectivity index (χ4n) is 7.06. The van der Waals surface area contributed by atoms with Crippen molar-refractivity contribution in [1.82, 2.24) is 14.8 Å². The van der Waals surface area contributed by atoms with Crippen molar-refractivity contribution in [3.63, 3.8) is 0 Å². The van der Waals surface area contributed by atoms with Crippen LogP contribution in [0.15, 0.2) is 30.3 Å². The first-order valence-corrected chi connectivity index (χ1v) is 16.0. The number of carbonyl (C=O) groups is 3. The summed E-state index contributed by atoms with van der Waals surface area (Å²) in [5.74, 6) is -1.89. The largest absolute Gasteiger partial charge is 0.462 e. The highest BCUT2D eigenvalue weighted by Gasteiger charge is 2.51. The molecule has 1 aromatic carbocycles. The van der Waals surface area contributed by atoms with E-state index >= 15 is 0 Å². The predicted octanol–water partition coefficient (Wildman–Crippen LogP) is 2.18. The number of nitrogens with two attached hydrogens (primary N) is 1. The molecule has 0 radical (unpaired) electrons. The Morgan fingerprint density at radius 1 is 1.00 bits per heavy atom. The first-order valence-electron chi connectivity index (χ1n) is 16.0. The highest BCUT2D eigenvalue weighted by molar-refractivity contribution is 6.17. The lowest BCUT2D eigenvalue weighted by molar-refractivity contribution is -0.150.